The normalized spacial score (nSPS) is 20.4. The number of para-hydroxylation sites is 1. The van der Waals surface area contributed by atoms with Crippen molar-refractivity contribution in [2.24, 2.45) is 0 Å². The van der Waals surface area contributed by atoms with Crippen LogP contribution in [0.2, 0.25) is 5.02 Å². The Morgan fingerprint density at radius 3 is 2.90 bits per heavy atom. The summed E-state index contributed by atoms with van der Waals surface area (Å²) in [5, 5.41) is 3.61. The minimum absolute atomic E-state index is 0.201. The zero-order valence-electron chi connectivity index (χ0n) is 12.1. The minimum Gasteiger partial charge on any atom is -0.383 e. The number of hydrogen-bond donors (Lipinski definition) is 1. The fraction of sp³-hybridized carbons (Fsp3) is 0.571. The Hall–Kier alpha value is -0.430. The summed E-state index contributed by atoms with van der Waals surface area (Å²) >= 11 is 7.81. The van der Waals surface area contributed by atoms with E-state index in [1.807, 2.05) is 24.3 Å². The number of nitrogens with zero attached hydrogens (tertiary/aromatic N) is 1. The molecule has 1 saturated heterocycles. The van der Waals surface area contributed by atoms with Crippen LogP contribution in [0.3, 0.4) is 0 Å². The standard InChI is InChI=1S/C14H21ClN2O2S2/c1-2-21(18,19)14-11-20-10-9-17(14)8-7-16-13-6-4-3-5-12(13)15/h3-6,14,16H,2,7-11H2,1H3. The molecule has 7 heteroatoms. The van der Waals surface area contributed by atoms with Gasteiger partial charge in [-0.1, -0.05) is 30.7 Å². The Morgan fingerprint density at radius 1 is 1.43 bits per heavy atom. The molecule has 1 heterocycles. The molecule has 1 aromatic rings. The summed E-state index contributed by atoms with van der Waals surface area (Å²) in [4.78, 5) is 2.07. The summed E-state index contributed by atoms with van der Waals surface area (Å²) < 4.78 is 24.3. The van der Waals surface area contributed by atoms with Crippen molar-refractivity contribution >= 4 is 38.9 Å². The summed E-state index contributed by atoms with van der Waals surface area (Å²) in [5.74, 6) is 1.86. The fourth-order valence-corrected chi connectivity index (χ4v) is 5.65. The number of benzene rings is 1. The second-order valence-electron chi connectivity index (χ2n) is 4.92. The van der Waals surface area contributed by atoms with E-state index in [2.05, 4.69) is 10.2 Å². The van der Waals surface area contributed by atoms with Crippen LogP contribution in [-0.2, 0) is 9.84 Å². The average Bonchev–Trinajstić information content (AvgIpc) is 2.49. The zero-order chi connectivity index (χ0) is 15.3. The third-order valence-electron chi connectivity index (χ3n) is 3.60. The summed E-state index contributed by atoms with van der Waals surface area (Å²) in [6.45, 7) is 3.92. The molecule has 4 nitrogen and oxygen atoms in total. The molecule has 21 heavy (non-hydrogen) atoms. The van der Waals surface area contributed by atoms with Gasteiger partial charge in [0.2, 0.25) is 0 Å². The van der Waals surface area contributed by atoms with Crippen LogP contribution >= 0.6 is 23.4 Å². The van der Waals surface area contributed by atoms with Crippen molar-refractivity contribution in [3.8, 4) is 0 Å². The number of anilines is 1. The molecule has 1 aromatic carbocycles. The first-order valence-corrected chi connectivity index (χ1v) is 10.3. The molecule has 2 rings (SSSR count). The van der Waals surface area contributed by atoms with Crippen LogP contribution in [0.25, 0.3) is 0 Å². The van der Waals surface area contributed by atoms with Crippen molar-refractivity contribution in [2.75, 3.05) is 42.2 Å². The number of sulfone groups is 1. The summed E-state index contributed by atoms with van der Waals surface area (Å²) in [7, 11) is -3.02. The maximum Gasteiger partial charge on any atom is 0.166 e. The molecular formula is C14H21ClN2O2S2. The highest BCUT2D eigenvalue weighted by Crippen LogP contribution is 2.22. The molecule has 1 fully saturated rings. The maximum atomic E-state index is 12.2. The molecular weight excluding hydrogens is 328 g/mol. The van der Waals surface area contributed by atoms with E-state index in [-0.39, 0.29) is 11.1 Å². The molecule has 0 aromatic heterocycles. The Bertz CT molecular complexity index is 566. The van der Waals surface area contributed by atoms with E-state index in [9.17, 15) is 8.42 Å². The first kappa shape index (κ1) is 16.9. The van der Waals surface area contributed by atoms with Gasteiger partial charge >= 0.3 is 0 Å². The lowest BCUT2D eigenvalue weighted by Crippen LogP contribution is -2.49. The molecule has 0 saturated carbocycles. The quantitative estimate of drug-likeness (QED) is 0.856. The summed E-state index contributed by atoms with van der Waals surface area (Å²) in [5.41, 5.74) is 0.889. The molecule has 0 amide bonds. The van der Waals surface area contributed by atoms with E-state index in [1.54, 1.807) is 18.7 Å². The van der Waals surface area contributed by atoms with Crippen LogP contribution in [0.15, 0.2) is 24.3 Å². The van der Waals surface area contributed by atoms with Gasteiger partial charge in [0.25, 0.3) is 0 Å². The van der Waals surface area contributed by atoms with Crippen molar-refractivity contribution in [1.29, 1.82) is 0 Å². The average molecular weight is 349 g/mol. The first-order chi connectivity index (χ1) is 10.0. The van der Waals surface area contributed by atoms with Gasteiger partial charge < -0.3 is 5.32 Å². The van der Waals surface area contributed by atoms with Gasteiger partial charge in [-0.05, 0) is 12.1 Å². The molecule has 0 aliphatic carbocycles. The SMILES string of the molecule is CCS(=O)(=O)C1CSCCN1CCNc1ccccc1Cl. The largest absolute Gasteiger partial charge is 0.383 e. The van der Waals surface area contributed by atoms with E-state index < -0.39 is 9.84 Å². The Labute approximate surface area is 136 Å². The second kappa shape index (κ2) is 7.72. The number of hydrogen-bond acceptors (Lipinski definition) is 5. The molecule has 0 bridgehead atoms. The Kier molecular flexibility index (Phi) is 6.22. The number of thioether (sulfide) groups is 1. The third-order valence-corrected chi connectivity index (χ3v) is 7.26. The van der Waals surface area contributed by atoms with Crippen molar-refractivity contribution in [1.82, 2.24) is 4.90 Å². The zero-order valence-corrected chi connectivity index (χ0v) is 14.5. The van der Waals surface area contributed by atoms with E-state index >= 15 is 0 Å². The van der Waals surface area contributed by atoms with E-state index in [4.69, 9.17) is 11.6 Å². The number of nitrogens with one attached hydrogen (secondary N) is 1. The van der Waals surface area contributed by atoms with Crippen LogP contribution in [0, 0.1) is 0 Å². The van der Waals surface area contributed by atoms with Crippen molar-refractivity contribution < 1.29 is 8.42 Å². The van der Waals surface area contributed by atoms with Gasteiger partial charge in [0.1, 0.15) is 5.37 Å². The van der Waals surface area contributed by atoms with Crippen molar-refractivity contribution in [2.45, 2.75) is 12.3 Å². The highest BCUT2D eigenvalue weighted by molar-refractivity contribution is 8.01. The Morgan fingerprint density at radius 2 is 2.19 bits per heavy atom. The maximum absolute atomic E-state index is 12.2. The third kappa shape index (κ3) is 4.52. The van der Waals surface area contributed by atoms with E-state index in [0.717, 1.165) is 18.0 Å². The summed E-state index contributed by atoms with van der Waals surface area (Å²) in [6.07, 6.45) is 0. The molecule has 1 atom stereocenters. The molecule has 1 aliphatic heterocycles. The molecule has 1 N–H and O–H groups in total. The Balaban J connectivity index is 1.93. The fourth-order valence-electron chi connectivity index (χ4n) is 2.33. The molecule has 1 aliphatic rings. The topological polar surface area (TPSA) is 49.4 Å². The van der Waals surface area contributed by atoms with Crippen molar-refractivity contribution in [3.63, 3.8) is 0 Å². The van der Waals surface area contributed by atoms with Gasteiger partial charge in [-0.2, -0.15) is 11.8 Å². The highest BCUT2D eigenvalue weighted by Gasteiger charge is 2.32. The van der Waals surface area contributed by atoms with Gasteiger partial charge in [0, 0.05) is 36.9 Å². The van der Waals surface area contributed by atoms with Gasteiger partial charge in [-0.25, -0.2) is 8.42 Å². The first-order valence-electron chi connectivity index (χ1n) is 7.06. The predicted molar refractivity (Wildman–Crippen MR) is 92.1 cm³/mol. The van der Waals surface area contributed by atoms with Gasteiger partial charge in [0.15, 0.2) is 9.84 Å². The van der Waals surface area contributed by atoms with Crippen LogP contribution in [0.4, 0.5) is 5.69 Å². The van der Waals surface area contributed by atoms with Gasteiger partial charge in [0.05, 0.1) is 10.7 Å². The summed E-state index contributed by atoms with van der Waals surface area (Å²) in [6, 6.07) is 7.58. The van der Waals surface area contributed by atoms with Crippen LogP contribution in [0.1, 0.15) is 6.92 Å². The lowest BCUT2D eigenvalue weighted by atomic mass is 10.3. The predicted octanol–water partition coefficient (Wildman–Crippen LogP) is 2.56. The molecule has 0 radical (unpaired) electrons. The number of rotatable bonds is 6. The van der Waals surface area contributed by atoms with Crippen LogP contribution in [-0.4, -0.2) is 55.6 Å². The van der Waals surface area contributed by atoms with Gasteiger partial charge in [-0.3, -0.25) is 4.90 Å². The lowest BCUT2D eigenvalue weighted by molar-refractivity contribution is 0.280. The van der Waals surface area contributed by atoms with Crippen LogP contribution < -0.4 is 5.32 Å². The minimum atomic E-state index is -3.02. The molecule has 0 spiro atoms. The van der Waals surface area contributed by atoms with E-state index in [0.29, 0.717) is 23.9 Å². The van der Waals surface area contributed by atoms with E-state index in [1.165, 1.54) is 0 Å². The van der Waals surface area contributed by atoms with Gasteiger partial charge in [-0.15, -0.1) is 0 Å². The van der Waals surface area contributed by atoms with Crippen molar-refractivity contribution in [3.05, 3.63) is 29.3 Å². The van der Waals surface area contributed by atoms with Crippen LogP contribution in [0.5, 0.6) is 0 Å². The molecule has 118 valence electrons. The monoisotopic (exact) mass is 348 g/mol. The second-order valence-corrected chi connectivity index (χ2v) is 8.93. The lowest BCUT2D eigenvalue weighted by Gasteiger charge is -2.34. The number of halogens is 1. The molecule has 1 unspecified atom stereocenters. The smallest absolute Gasteiger partial charge is 0.166 e. The highest BCUT2D eigenvalue weighted by atomic mass is 35.5.